The van der Waals surface area contributed by atoms with Crippen LogP contribution in [0, 0.1) is 13.8 Å². The van der Waals surface area contributed by atoms with E-state index in [2.05, 4.69) is 24.7 Å². The van der Waals surface area contributed by atoms with Gasteiger partial charge in [-0.05, 0) is 13.8 Å². The molecular formula is C10H10N4O3. The number of aromatic amines is 2. The van der Waals surface area contributed by atoms with Crippen LogP contribution in [0.5, 0.6) is 0 Å². The number of hydrogen-bond acceptors (Lipinski definition) is 5. The third-order valence-electron chi connectivity index (χ3n) is 1.98. The van der Waals surface area contributed by atoms with E-state index in [0.29, 0.717) is 11.4 Å². The summed E-state index contributed by atoms with van der Waals surface area (Å²) >= 11 is 0. The van der Waals surface area contributed by atoms with Crippen molar-refractivity contribution in [1.82, 2.24) is 19.9 Å². The molecule has 2 heterocycles. The summed E-state index contributed by atoms with van der Waals surface area (Å²) in [6.45, 7) is 3.48. The van der Waals surface area contributed by atoms with E-state index in [0.717, 1.165) is 0 Å². The van der Waals surface area contributed by atoms with Crippen molar-refractivity contribution in [3.05, 3.63) is 35.4 Å². The van der Waals surface area contributed by atoms with Crippen LogP contribution in [0.25, 0.3) is 0 Å². The molecule has 2 aromatic rings. The van der Waals surface area contributed by atoms with E-state index in [1.165, 1.54) is 12.4 Å². The molecule has 0 amide bonds. The fourth-order valence-electron chi connectivity index (χ4n) is 1.21. The van der Waals surface area contributed by atoms with E-state index in [-0.39, 0.29) is 11.6 Å². The van der Waals surface area contributed by atoms with Crippen LogP contribution in [-0.2, 0) is 4.74 Å². The van der Waals surface area contributed by atoms with Crippen molar-refractivity contribution < 1.29 is 14.3 Å². The monoisotopic (exact) mass is 234 g/mol. The first-order valence-corrected chi connectivity index (χ1v) is 4.86. The van der Waals surface area contributed by atoms with Gasteiger partial charge in [-0.1, -0.05) is 0 Å². The summed E-state index contributed by atoms with van der Waals surface area (Å²) in [6.07, 6.45) is 2.94. The number of rotatable bonds is 2. The molecule has 0 unspecified atom stereocenters. The van der Waals surface area contributed by atoms with Crippen LogP contribution in [0.3, 0.4) is 0 Å². The lowest BCUT2D eigenvalue weighted by atomic mass is 10.5. The third-order valence-corrected chi connectivity index (χ3v) is 1.98. The molecule has 0 atom stereocenters. The molecule has 7 nitrogen and oxygen atoms in total. The molecule has 0 saturated carbocycles. The predicted molar refractivity (Wildman–Crippen MR) is 56.4 cm³/mol. The molecule has 0 saturated heterocycles. The molecule has 7 heteroatoms. The quantitative estimate of drug-likeness (QED) is 0.589. The van der Waals surface area contributed by atoms with Gasteiger partial charge >= 0.3 is 11.9 Å². The number of aryl methyl sites for hydroxylation is 2. The minimum atomic E-state index is -0.836. The zero-order valence-corrected chi connectivity index (χ0v) is 9.27. The summed E-state index contributed by atoms with van der Waals surface area (Å²) in [5.74, 6) is -1.70. The van der Waals surface area contributed by atoms with E-state index in [1.807, 2.05) is 0 Å². The molecule has 0 radical (unpaired) electrons. The molecule has 88 valence electrons. The summed E-state index contributed by atoms with van der Waals surface area (Å²) < 4.78 is 4.58. The number of ether oxygens (including phenoxy) is 1. The second-order valence-corrected chi connectivity index (χ2v) is 3.51. The topological polar surface area (TPSA) is 101 Å². The molecule has 0 fully saturated rings. The Balaban J connectivity index is 2.07. The van der Waals surface area contributed by atoms with E-state index >= 15 is 0 Å². The summed E-state index contributed by atoms with van der Waals surface area (Å²) in [4.78, 5) is 35.8. The zero-order chi connectivity index (χ0) is 12.4. The highest BCUT2D eigenvalue weighted by Gasteiger charge is 2.19. The Morgan fingerprint density at radius 2 is 1.41 bits per heavy atom. The van der Waals surface area contributed by atoms with Crippen molar-refractivity contribution in [1.29, 1.82) is 0 Å². The molecule has 2 rings (SSSR count). The van der Waals surface area contributed by atoms with Crippen molar-refractivity contribution in [2.75, 3.05) is 0 Å². The highest BCUT2D eigenvalue weighted by molar-refractivity contribution is 5.99. The third kappa shape index (κ3) is 2.39. The second-order valence-electron chi connectivity index (χ2n) is 3.51. The Hall–Kier alpha value is -2.44. The fraction of sp³-hybridized carbons (Fsp3) is 0.200. The minimum Gasteiger partial charge on any atom is -0.381 e. The van der Waals surface area contributed by atoms with Crippen LogP contribution in [-0.4, -0.2) is 31.9 Å². The van der Waals surface area contributed by atoms with Crippen molar-refractivity contribution in [2.24, 2.45) is 0 Å². The van der Waals surface area contributed by atoms with Crippen LogP contribution >= 0.6 is 0 Å². The Morgan fingerprint density at radius 1 is 1.00 bits per heavy atom. The van der Waals surface area contributed by atoms with Gasteiger partial charge in [0.15, 0.2) is 0 Å². The first kappa shape index (κ1) is 11.1. The SMILES string of the molecule is Cc1cnc(C(=O)OC(=O)c2ncc(C)[nH]2)[nH]1. The lowest BCUT2D eigenvalue weighted by molar-refractivity contribution is 0.0381. The molecule has 2 N–H and O–H groups in total. The normalized spacial score (nSPS) is 10.2. The summed E-state index contributed by atoms with van der Waals surface area (Å²) in [5, 5.41) is 0. The summed E-state index contributed by atoms with van der Waals surface area (Å²) in [7, 11) is 0. The predicted octanol–water partition coefficient (Wildman–Crippen LogP) is 0.747. The highest BCUT2D eigenvalue weighted by Crippen LogP contribution is 2.02. The van der Waals surface area contributed by atoms with E-state index in [1.54, 1.807) is 13.8 Å². The average Bonchev–Trinajstić information content (AvgIpc) is 2.87. The van der Waals surface area contributed by atoms with Crippen molar-refractivity contribution >= 4 is 11.9 Å². The van der Waals surface area contributed by atoms with Crippen LogP contribution in [0.2, 0.25) is 0 Å². The molecule has 0 aliphatic heterocycles. The maximum atomic E-state index is 11.5. The first-order valence-electron chi connectivity index (χ1n) is 4.86. The van der Waals surface area contributed by atoms with Gasteiger partial charge in [0.2, 0.25) is 11.6 Å². The lowest BCUT2D eigenvalue weighted by Gasteiger charge is -1.97. The highest BCUT2D eigenvalue weighted by atomic mass is 16.6. The standard InChI is InChI=1S/C10H10N4O3/c1-5-3-11-7(13-5)9(15)17-10(16)8-12-4-6(2)14-8/h3-4H,1-2H3,(H,11,13)(H,12,14). The molecule has 17 heavy (non-hydrogen) atoms. The molecule has 0 aromatic carbocycles. The summed E-state index contributed by atoms with van der Waals surface area (Å²) in [6, 6.07) is 0. The van der Waals surface area contributed by atoms with Crippen LogP contribution in [0.1, 0.15) is 32.6 Å². The maximum absolute atomic E-state index is 11.5. The average molecular weight is 234 g/mol. The number of aromatic nitrogens is 4. The molecule has 0 aliphatic rings. The Labute approximate surface area is 96.2 Å². The van der Waals surface area contributed by atoms with E-state index < -0.39 is 11.9 Å². The molecular weight excluding hydrogens is 224 g/mol. The van der Waals surface area contributed by atoms with Gasteiger partial charge in [0, 0.05) is 23.8 Å². The van der Waals surface area contributed by atoms with E-state index in [4.69, 9.17) is 0 Å². The summed E-state index contributed by atoms with van der Waals surface area (Å²) in [5.41, 5.74) is 1.41. The smallest absolute Gasteiger partial charge is 0.381 e. The van der Waals surface area contributed by atoms with Crippen molar-refractivity contribution in [2.45, 2.75) is 13.8 Å². The number of esters is 2. The van der Waals surface area contributed by atoms with Crippen LogP contribution in [0.4, 0.5) is 0 Å². The number of imidazole rings is 2. The van der Waals surface area contributed by atoms with E-state index in [9.17, 15) is 9.59 Å². The number of carbonyl (C=O) groups is 2. The lowest BCUT2D eigenvalue weighted by Crippen LogP contribution is -2.15. The van der Waals surface area contributed by atoms with Gasteiger partial charge in [-0.25, -0.2) is 19.6 Å². The number of carbonyl (C=O) groups excluding carboxylic acids is 2. The minimum absolute atomic E-state index is 0.0147. The molecule has 2 aromatic heterocycles. The number of H-pyrrole nitrogens is 2. The fourth-order valence-corrected chi connectivity index (χ4v) is 1.21. The zero-order valence-electron chi connectivity index (χ0n) is 9.27. The van der Waals surface area contributed by atoms with Crippen LogP contribution in [0.15, 0.2) is 12.4 Å². The molecule has 0 bridgehead atoms. The Kier molecular flexibility index (Phi) is 2.73. The number of nitrogens with one attached hydrogen (secondary N) is 2. The Bertz CT molecular complexity index is 519. The first-order chi connectivity index (χ1) is 8.06. The van der Waals surface area contributed by atoms with Crippen molar-refractivity contribution in [3.8, 4) is 0 Å². The van der Waals surface area contributed by atoms with Gasteiger partial charge in [0.25, 0.3) is 0 Å². The maximum Gasteiger partial charge on any atom is 0.382 e. The van der Waals surface area contributed by atoms with Gasteiger partial charge in [-0.15, -0.1) is 0 Å². The van der Waals surface area contributed by atoms with Crippen LogP contribution < -0.4 is 0 Å². The Morgan fingerprint density at radius 3 is 1.71 bits per heavy atom. The molecule has 0 spiro atoms. The second kappa shape index (κ2) is 4.20. The van der Waals surface area contributed by atoms with Crippen molar-refractivity contribution in [3.63, 3.8) is 0 Å². The van der Waals surface area contributed by atoms with Gasteiger partial charge in [-0.3, -0.25) is 0 Å². The van der Waals surface area contributed by atoms with Gasteiger partial charge < -0.3 is 14.7 Å². The number of nitrogens with zero attached hydrogens (tertiary/aromatic N) is 2. The van der Waals surface area contributed by atoms with Gasteiger partial charge in [-0.2, -0.15) is 0 Å². The largest absolute Gasteiger partial charge is 0.382 e. The van der Waals surface area contributed by atoms with Gasteiger partial charge in [0.1, 0.15) is 0 Å². The van der Waals surface area contributed by atoms with Gasteiger partial charge in [0.05, 0.1) is 0 Å². The number of hydrogen-bond donors (Lipinski definition) is 2. The molecule has 0 aliphatic carbocycles.